The predicted molar refractivity (Wildman–Crippen MR) is 110 cm³/mol. The predicted octanol–water partition coefficient (Wildman–Crippen LogP) is 3.51. The summed E-state index contributed by atoms with van der Waals surface area (Å²) in [6, 6.07) is 0. The van der Waals surface area contributed by atoms with Crippen LogP contribution in [0.5, 0.6) is 0 Å². The summed E-state index contributed by atoms with van der Waals surface area (Å²) in [5.41, 5.74) is 0. The molecule has 0 atom stereocenters. The van der Waals surface area contributed by atoms with E-state index in [1.54, 1.807) is 0 Å². The molecule has 1 heterocycles. The van der Waals surface area contributed by atoms with Crippen LogP contribution in [0.4, 0.5) is 0 Å². The van der Waals surface area contributed by atoms with E-state index in [1.807, 2.05) is 11.8 Å². The third kappa shape index (κ3) is 7.73. The highest BCUT2D eigenvalue weighted by Crippen LogP contribution is 2.33. The molecule has 1 saturated heterocycles. The molecule has 0 bridgehead atoms. The third-order valence-electron chi connectivity index (χ3n) is 4.42. The molecular formula is C16H34IN3OS. The lowest BCUT2D eigenvalue weighted by Gasteiger charge is -2.34. The minimum absolute atomic E-state index is 0. The standard InChI is InChI=1S/C16H33N3OS.HI/c1-5-14(6-2)12-18-15(17-7-3)19-13-16(21-4)8-10-20-11-9-16;/h14H,5-13H2,1-4H3,(H2,17,18,19);1H. The van der Waals surface area contributed by atoms with Crippen molar-refractivity contribution in [3.8, 4) is 0 Å². The average molecular weight is 443 g/mol. The van der Waals surface area contributed by atoms with E-state index in [1.165, 1.54) is 12.8 Å². The van der Waals surface area contributed by atoms with E-state index in [0.29, 0.717) is 0 Å². The molecule has 1 fully saturated rings. The molecule has 22 heavy (non-hydrogen) atoms. The molecule has 0 aromatic carbocycles. The van der Waals surface area contributed by atoms with Gasteiger partial charge in [0, 0.05) is 31.1 Å². The van der Waals surface area contributed by atoms with Crippen molar-refractivity contribution in [2.45, 2.75) is 51.2 Å². The summed E-state index contributed by atoms with van der Waals surface area (Å²) in [7, 11) is 0. The number of halogens is 1. The minimum Gasteiger partial charge on any atom is -0.381 e. The Hall–Kier alpha value is 0.310. The molecule has 0 saturated carbocycles. The Morgan fingerprint density at radius 3 is 2.32 bits per heavy atom. The molecule has 0 amide bonds. The first kappa shape index (κ1) is 22.3. The van der Waals surface area contributed by atoms with Crippen molar-refractivity contribution in [1.82, 2.24) is 10.6 Å². The van der Waals surface area contributed by atoms with Gasteiger partial charge in [-0.15, -0.1) is 24.0 Å². The molecule has 0 spiro atoms. The number of rotatable bonds is 8. The first-order chi connectivity index (χ1) is 10.2. The van der Waals surface area contributed by atoms with Gasteiger partial charge in [-0.3, -0.25) is 4.99 Å². The highest BCUT2D eigenvalue weighted by molar-refractivity contribution is 14.0. The molecule has 4 nitrogen and oxygen atoms in total. The van der Waals surface area contributed by atoms with Gasteiger partial charge in [0.25, 0.3) is 0 Å². The molecule has 6 heteroatoms. The largest absolute Gasteiger partial charge is 0.381 e. The fourth-order valence-electron chi connectivity index (χ4n) is 2.55. The number of nitrogens with zero attached hydrogens (tertiary/aromatic N) is 1. The van der Waals surface area contributed by atoms with Crippen molar-refractivity contribution >= 4 is 41.7 Å². The third-order valence-corrected chi connectivity index (χ3v) is 5.82. The average Bonchev–Trinajstić information content (AvgIpc) is 2.54. The molecule has 0 aromatic heterocycles. The normalized spacial score (nSPS) is 18.0. The topological polar surface area (TPSA) is 45.7 Å². The number of hydrogen-bond acceptors (Lipinski definition) is 3. The SMILES string of the molecule is CCNC(=NCC1(SC)CCOCC1)NCC(CC)CC.I. The summed E-state index contributed by atoms with van der Waals surface area (Å²) >= 11 is 1.94. The van der Waals surface area contributed by atoms with Crippen molar-refractivity contribution in [1.29, 1.82) is 0 Å². The van der Waals surface area contributed by atoms with E-state index < -0.39 is 0 Å². The molecule has 0 aromatic rings. The Balaban J connectivity index is 0.00000441. The molecule has 1 aliphatic heterocycles. The molecule has 1 aliphatic rings. The number of thioether (sulfide) groups is 1. The zero-order chi connectivity index (χ0) is 15.6. The Kier molecular flexibility index (Phi) is 12.9. The van der Waals surface area contributed by atoms with Gasteiger partial charge in [0.1, 0.15) is 0 Å². The maximum Gasteiger partial charge on any atom is 0.191 e. The number of hydrogen-bond donors (Lipinski definition) is 2. The van der Waals surface area contributed by atoms with E-state index in [4.69, 9.17) is 9.73 Å². The summed E-state index contributed by atoms with van der Waals surface area (Å²) in [5.74, 6) is 1.69. The zero-order valence-corrected chi connectivity index (χ0v) is 17.8. The first-order valence-corrected chi connectivity index (χ1v) is 9.57. The number of nitrogens with one attached hydrogen (secondary N) is 2. The fraction of sp³-hybridized carbons (Fsp3) is 0.938. The zero-order valence-electron chi connectivity index (χ0n) is 14.6. The van der Waals surface area contributed by atoms with Crippen LogP contribution >= 0.6 is 35.7 Å². The van der Waals surface area contributed by atoms with Crippen molar-refractivity contribution in [3.63, 3.8) is 0 Å². The first-order valence-electron chi connectivity index (χ1n) is 8.34. The quantitative estimate of drug-likeness (QED) is 0.343. The van der Waals surface area contributed by atoms with Crippen LogP contribution in [0.3, 0.4) is 0 Å². The minimum atomic E-state index is 0. The van der Waals surface area contributed by atoms with Crippen LogP contribution in [0.15, 0.2) is 4.99 Å². The highest BCUT2D eigenvalue weighted by atomic mass is 127. The van der Waals surface area contributed by atoms with E-state index >= 15 is 0 Å². The van der Waals surface area contributed by atoms with Crippen LogP contribution in [-0.2, 0) is 4.74 Å². The summed E-state index contributed by atoms with van der Waals surface area (Å²) < 4.78 is 5.76. The lowest BCUT2D eigenvalue weighted by Crippen LogP contribution is -2.42. The van der Waals surface area contributed by atoms with Gasteiger partial charge < -0.3 is 15.4 Å². The van der Waals surface area contributed by atoms with E-state index in [-0.39, 0.29) is 28.7 Å². The Labute approximate surface area is 158 Å². The molecule has 0 aliphatic carbocycles. The lowest BCUT2D eigenvalue weighted by molar-refractivity contribution is 0.0794. The second-order valence-corrected chi connectivity index (χ2v) is 7.03. The van der Waals surface area contributed by atoms with Gasteiger partial charge >= 0.3 is 0 Å². The van der Waals surface area contributed by atoms with Gasteiger partial charge in [0.15, 0.2) is 5.96 Å². The van der Waals surface area contributed by atoms with Crippen LogP contribution in [0.1, 0.15) is 46.5 Å². The van der Waals surface area contributed by atoms with Gasteiger partial charge in [0.05, 0.1) is 6.54 Å². The van der Waals surface area contributed by atoms with Crippen LogP contribution in [0, 0.1) is 5.92 Å². The molecular weight excluding hydrogens is 409 g/mol. The molecule has 0 unspecified atom stereocenters. The maximum atomic E-state index is 5.50. The van der Waals surface area contributed by atoms with Crippen molar-refractivity contribution in [2.24, 2.45) is 10.9 Å². The van der Waals surface area contributed by atoms with Crippen molar-refractivity contribution in [3.05, 3.63) is 0 Å². The van der Waals surface area contributed by atoms with Gasteiger partial charge in [-0.1, -0.05) is 26.7 Å². The van der Waals surface area contributed by atoms with Gasteiger partial charge in [-0.05, 0) is 31.9 Å². The smallest absolute Gasteiger partial charge is 0.191 e. The number of aliphatic imine (C=N–C) groups is 1. The molecule has 132 valence electrons. The maximum absolute atomic E-state index is 5.50. The fourth-order valence-corrected chi connectivity index (χ4v) is 3.32. The van der Waals surface area contributed by atoms with Crippen molar-refractivity contribution in [2.75, 3.05) is 39.1 Å². The summed E-state index contributed by atoms with van der Waals surface area (Å²) in [4.78, 5) is 4.84. The molecule has 2 N–H and O–H groups in total. The van der Waals surface area contributed by atoms with E-state index in [2.05, 4.69) is 37.7 Å². The van der Waals surface area contributed by atoms with Crippen LogP contribution in [0.2, 0.25) is 0 Å². The Morgan fingerprint density at radius 2 is 1.82 bits per heavy atom. The number of ether oxygens (including phenoxy) is 1. The second-order valence-electron chi connectivity index (χ2n) is 5.76. The van der Waals surface area contributed by atoms with Gasteiger partial charge in [-0.25, -0.2) is 0 Å². The monoisotopic (exact) mass is 443 g/mol. The second kappa shape index (κ2) is 12.7. The van der Waals surface area contributed by atoms with Gasteiger partial charge in [-0.2, -0.15) is 11.8 Å². The van der Waals surface area contributed by atoms with E-state index in [9.17, 15) is 0 Å². The number of guanidine groups is 1. The summed E-state index contributed by atoms with van der Waals surface area (Å²) in [6.07, 6.45) is 6.84. The summed E-state index contributed by atoms with van der Waals surface area (Å²) in [6.45, 7) is 11.2. The molecule has 1 rings (SSSR count). The van der Waals surface area contributed by atoms with Crippen molar-refractivity contribution < 1.29 is 4.74 Å². The highest BCUT2D eigenvalue weighted by Gasteiger charge is 2.31. The van der Waals surface area contributed by atoms with Crippen LogP contribution < -0.4 is 10.6 Å². The Bertz CT molecular complexity index is 306. The lowest BCUT2D eigenvalue weighted by atomic mass is 9.99. The Morgan fingerprint density at radius 1 is 1.18 bits per heavy atom. The van der Waals surface area contributed by atoms with Crippen LogP contribution in [-0.4, -0.2) is 49.8 Å². The van der Waals surface area contributed by atoms with Gasteiger partial charge in [0.2, 0.25) is 0 Å². The molecule has 0 radical (unpaired) electrons. The summed E-state index contributed by atoms with van der Waals surface area (Å²) in [5, 5.41) is 6.87. The van der Waals surface area contributed by atoms with E-state index in [0.717, 1.165) is 57.6 Å². The van der Waals surface area contributed by atoms with Crippen LogP contribution in [0.25, 0.3) is 0 Å².